The molecule has 6 heteroatoms. The number of hydrogen-bond acceptors (Lipinski definition) is 4. The molecule has 25 heavy (non-hydrogen) atoms. The number of para-hydroxylation sites is 1. The van der Waals surface area contributed by atoms with Crippen LogP contribution in [0.4, 0.5) is 0 Å². The summed E-state index contributed by atoms with van der Waals surface area (Å²) in [6.07, 6.45) is 0. The van der Waals surface area contributed by atoms with Gasteiger partial charge in [0.1, 0.15) is 0 Å². The molecule has 1 aliphatic heterocycles. The van der Waals surface area contributed by atoms with Crippen LogP contribution in [0, 0.1) is 6.92 Å². The lowest BCUT2D eigenvalue weighted by Crippen LogP contribution is -2.49. The van der Waals surface area contributed by atoms with E-state index in [1.807, 2.05) is 18.2 Å². The van der Waals surface area contributed by atoms with Crippen molar-refractivity contribution in [1.82, 2.24) is 19.7 Å². The van der Waals surface area contributed by atoms with Gasteiger partial charge in [-0.15, -0.1) is 0 Å². The molecule has 0 aliphatic carbocycles. The van der Waals surface area contributed by atoms with Crippen LogP contribution < -0.4 is 0 Å². The molecule has 2 heterocycles. The summed E-state index contributed by atoms with van der Waals surface area (Å²) in [5, 5.41) is 1.88. The normalized spacial score (nSPS) is 16.3. The summed E-state index contributed by atoms with van der Waals surface area (Å²) in [4.78, 5) is 22.8. The average Bonchev–Trinajstić information content (AvgIpc) is 2.61. The van der Waals surface area contributed by atoms with Crippen molar-refractivity contribution in [3.8, 4) is 0 Å². The number of fused-ring (bicyclic) bond motifs is 1. The van der Waals surface area contributed by atoms with E-state index in [1.165, 1.54) is 0 Å². The molecule has 0 N–H and O–H groups in total. The molecule has 0 spiro atoms. The molecule has 3 rings (SSSR count). The SMILES string of the molecule is Cc1c(Cl)c(CN2CCN(CC(=O)N(C)C)CC2)nc2ccccc12. The van der Waals surface area contributed by atoms with Crippen LogP contribution in [0.1, 0.15) is 11.3 Å². The fraction of sp³-hybridized carbons (Fsp3) is 0.474. The van der Waals surface area contributed by atoms with E-state index in [2.05, 4.69) is 22.8 Å². The number of aromatic nitrogens is 1. The zero-order valence-electron chi connectivity index (χ0n) is 15.1. The number of hydrogen-bond donors (Lipinski definition) is 0. The first-order chi connectivity index (χ1) is 12.0. The highest BCUT2D eigenvalue weighted by Gasteiger charge is 2.21. The van der Waals surface area contributed by atoms with Crippen LogP contribution in [0.5, 0.6) is 0 Å². The number of pyridine rings is 1. The minimum Gasteiger partial charge on any atom is -0.348 e. The lowest BCUT2D eigenvalue weighted by molar-refractivity contribution is -0.130. The van der Waals surface area contributed by atoms with Crippen LogP contribution in [0.25, 0.3) is 10.9 Å². The van der Waals surface area contributed by atoms with Gasteiger partial charge in [-0.3, -0.25) is 14.6 Å². The maximum absolute atomic E-state index is 11.8. The van der Waals surface area contributed by atoms with Gasteiger partial charge in [-0.05, 0) is 18.6 Å². The Morgan fingerprint density at radius 3 is 2.48 bits per heavy atom. The standard InChI is InChI=1S/C19H25ClN4O/c1-14-15-6-4-5-7-16(15)21-17(19(14)20)12-23-8-10-24(11-9-23)13-18(25)22(2)3/h4-7H,8-13H2,1-3H3. The van der Waals surface area contributed by atoms with E-state index in [0.717, 1.165) is 59.9 Å². The Morgan fingerprint density at radius 1 is 1.16 bits per heavy atom. The number of nitrogens with zero attached hydrogens (tertiary/aromatic N) is 4. The van der Waals surface area contributed by atoms with Crippen molar-refractivity contribution < 1.29 is 4.79 Å². The predicted octanol–water partition coefficient (Wildman–Crippen LogP) is 2.40. The third-order valence-electron chi connectivity index (χ3n) is 4.84. The fourth-order valence-corrected chi connectivity index (χ4v) is 3.38. The average molecular weight is 361 g/mol. The molecule has 1 aromatic carbocycles. The van der Waals surface area contributed by atoms with E-state index in [0.29, 0.717) is 6.54 Å². The third kappa shape index (κ3) is 4.11. The molecule has 0 atom stereocenters. The first-order valence-corrected chi connectivity index (χ1v) is 9.02. The molecular formula is C19H25ClN4O. The molecule has 1 aromatic heterocycles. The van der Waals surface area contributed by atoms with Crippen LogP contribution in [0.3, 0.4) is 0 Å². The number of likely N-dealkylation sites (N-methyl/N-ethyl adjacent to an activating group) is 1. The molecule has 0 saturated carbocycles. The molecule has 1 aliphatic rings. The van der Waals surface area contributed by atoms with E-state index < -0.39 is 0 Å². The van der Waals surface area contributed by atoms with Crippen LogP contribution in [0.2, 0.25) is 5.02 Å². The molecule has 0 unspecified atom stereocenters. The molecule has 2 aromatic rings. The summed E-state index contributed by atoms with van der Waals surface area (Å²) in [5.41, 5.74) is 3.03. The molecule has 1 fully saturated rings. The summed E-state index contributed by atoms with van der Waals surface area (Å²) < 4.78 is 0. The summed E-state index contributed by atoms with van der Waals surface area (Å²) in [6.45, 7) is 6.93. The molecule has 1 amide bonds. The number of aryl methyl sites for hydroxylation is 1. The number of carbonyl (C=O) groups excluding carboxylic acids is 1. The first kappa shape index (κ1) is 18.1. The lowest BCUT2D eigenvalue weighted by atomic mass is 10.1. The number of amides is 1. The van der Waals surface area contributed by atoms with Gasteiger partial charge >= 0.3 is 0 Å². The molecular weight excluding hydrogens is 336 g/mol. The number of benzene rings is 1. The van der Waals surface area contributed by atoms with Gasteiger partial charge in [0.15, 0.2) is 0 Å². The number of halogens is 1. The zero-order valence-corrected chi connectivity index (χ0v) is 15.9. The summed E-state index contributed by atoms with van der Waals surface area (Å²) in [6, 6.07) is 8.12. The summed E-state index contributed by atoms with van der Waals surface area (Å²) in [5.74, 6) is 0.156. The van der Waals surface area contributed by atoms with Crippen molar-refractivity contribution in [3.05, 3.63) is 40.5 Å². The van der Waals surface area contributed by atoms with Crippen molar-refractivity contribution in [1.29, 1.82) is 0 Å². The maximum atomic E-state index is 11.8. The first-order valence-electron chi connectivity index (χ1n) is 8.64. The molecule has 5 nitrogen and oxygen atoms in total. The van der Waals surface area contributed by atoms with Gasteiger partial charge in [-0.1, -0.05) is 29.8 Å². The molecule has 134 valence electrons. The number of piperazine rings is 1. The second-order valence-electron chi connectivity index (χ2n) is 6.86. The number of rotatable bonds is 4. The molecule has 0 bridgehead atoms. The Bertz CT molecular complexity index is 769. The minimum absolute atomic E-state index is 0.156. The van der Waals surface area contributed by atoms with Crippen molar-refractivity contribution in [2.45, 2.75) is 13.5 Å². The van der Waals surface area contributed by atoms with Gasteiger partial charge in [0.2, 0.25) is 5.91 Å². The topological polar surface area (TPSA) is 39.7 Å². The Balaban J connectivity index is 1.65. The second kappa shape index (κ2) is 7.68. The van der Waals surface area contributed by atoms with Gasteiger partial charge in [0.25, 0.3) is 0 Å². The molecule has 1 saturated heterocycles. The van der Waals surface area contributed by atoms with Gasteiger partial charge in [0.05, 0.1) is 22.8 Å². The number of carbonyl (C=O) groups is 1. The minimum atomic E-state index is 0.156. The Labute approximate surface area is 154 Å². The van der Waals surface area contributed by atoms with Crippen LogP contribution in [-0.2, 0) is 11.3 Å². The van der Waals surface area contributed by atoms with Crippen molar-refractivity contribution in [2.24, 2.45) is 0 Å². The van der Waals surface area contributed by atoms with Gasteiger partial charge in [0, 0.05) is 52.2 Å². The highest BCUT2D eigenvalue weighted by molar-refractivity contribution is 6.32. The molecule has 0 radical (unpaired) electrons. The van der Waals surface area contributed by atoms with Crippen LogP contribution >= 0.6 is 11.6 Å². The predicted molar refractivity (Wildman–Crippen MR) is 102 cm³/mol. The quantitative estimate of drug-likeness (QED) is 0.839. The summed E-state index contributed by atoms with van der Waals surface area (Å²) >= 11 is 6.57. The zero-order chi connectivity index (χ0) is 18.0. The van der Waals surface area contributed by atoms with Crippen LogP contribution in [-0.4, -0.2) is 72.4 Å². The Kier molecular flexibility index (Phi) is 5.57. The Hall–Kier alpha value is -1.69. The fourth-order valence-electron chi connectivity index (χ4n) is 3.17. The lowest BCUT2D eigenvalue weighted by Gasteiger charge is -2.34. The van der Waals surface area contributed by atoms with Gasteiger partial charge < -0.3 is 4.90 Å². The van der Waals surface area contributed by atoms with Gasteiger partial charge in [-0.2, -0.15) is 0 Å². The van der Waals surface area contributed by atoms with E-state index in [4.69, 9.17) is 16.6 Å². The van der Waals surface area contributed by atoms with Crippen molar-refractivity contribution in [2.75, 3.05) is 46.8 Å². The van der Waals surface area contributed by atoms with E-state index in [-0.39, 0.29) is 5.91 Å². The third-order valence-corrected chi connectivity index (χ3v) is 5.34. The smallest absolute Gasteiger partial charge is 0.236 e. The Morgan fingerprint density at radius 2 is 1.80 bits per heavy atom. The maximum Gasteiger partial charge on any atom is 0.236 e. The van der Waals surface area contributed by atoms with Crippen molar-refractivity contribution in [3.63, 3.8) is 0 Å². The van der Waals surface area contributed by atoms with E-state index in [9.17, 15) is 4.79 Å². The van der Waals surface area contributed by atoms with Crippen molar-refractivity contribution >= 4 is 28.4 Å². The second-order valence-corrected chi connectivity index (χ2v) is 7.23. The monoisotopic (exact) mass is 360 g/mol. The van der Waals surface area contributed by atoms with E-state index in [1.54, 1.807) is 19.0 Å². The highest BCUT2D eigenvalue weighted by Crippen LogP contribution is 2.27. The van der Waals surface area contributed by atoms with E-state index >= 15 is 0 Å². The summed E-state index contributed by atoms with van der Waals surface area (Å²) in [7, 11) is 3.60. The largest absolute Gasteiger partial charge is 0.348 e. The highest BCUT2D eigenvalue weighted by atomic mass is 35.5. The van der Waals surface area contributed by atoms with Crippen LogP contribution in [0.15, 0.2) is 24.3 Å². The van der Waals surface area contributed by atoms with Gasteiger partial charge in [-0.25, -0.2) is 4.98 Å².